The van der Waals surface area contributed by atoms with Crippen molar-refractivity contribution in [2.75, 3.05) is 0 Å². The van der Waals surface area contributed by atoms with E-state index in [1.165, 1.54) is 0 Å². The molecule has 3 aromatic rings. The molecule has 1 aromatic carbocycles. The summed E-state index contributed by atoms with van der Waals surface area (Å²) in [7, 11) is 1.67. The lowest BCUT2D eigenvalue weighted by molar-refractivity contribution is 0.0685. The van der Waals surface area contributed by atoms with Crippen LogP contribution < -0.4 is 0 Å². The van der Waals surface area contributed by atoms with Crippen LogP contribution in [0.5, 0.6) is 0 Å². The minimum atomic E-state index is -1.01. The minimum absolute atomic E-state index is 0.155. The second-order valence-electron chi connectivity index (χ2n) is 4.34. The van der Waals surface area contributed by atoms with Crippen LogP contribution in [0.2, 0.25) is 5.02 Å². The van der Waals surface area contributed by atoms with Gasteiger partial charge in [-0.2, -0.15) is 0 Å². The molecule has 1 N–H and O–H groups in total. The van der Waals surface area contributed by atoms with E-state index in [0.717, 1.165) is 16.6 Å². The number of imidazole rings is 2. The largest absolute Gasteiger partial charge is 0.476 e. The van der Waals surface area contributed by atoms with Crippen molar-refractivity contribution in [3.05, 3.63) is 33.0 Å². The topological polar surface area (TPSA) is 59.5 Å². The summed E-state index contributed by atoms with van der Waals surface area (Å²) < 4.78 is 3.75. The third-order valence-electron chi connectivity index (χ3n) is 3.13. The van der Waals surface area contributed by atoms with Crippen LogP contribution in [0.1, 0.15) is 16.1 Å². The van der Waals surface area contributed by atoms with E-state index in [0.29, 0.717) is 15.4 Å². The van der Waals surface area contributed by atoms with E-state index in [-0.39, 0.29) is 5.69 Å². The Kier molecular flexibility index (Phi) is 2.62. The number of hydrogen-bond donors (Lipinski definition) is 1. The van der Waals surface area contributed by atoms with Crippen molar-refractivity contribution < 1.29 is 9.90 Å². The highest BCUT2D eigenvalue weighted by Crippen LogP contribution is 2.30. The Balaban J connectivity index is 2.57. The Bertz CT molecular complexity index is 850. The number of aromatic carboxylic acids is 1. The van der Waals surface area contributed by atoms with Gasteiger partial charge in [0.05, 0.1) is 11.0 Å². The van der Waals surface area contributed by atoms with Gasteiger partial charge >= 0.3 is 5.97 Å². The molecule has 98 valence electrons. The highest BCUT2D eigenvalue weighted by Gasteiger charge is 2.22. The van der Waals surface area contributed by atoms with Crippen LogP contribution in [0.4, 0.5) is 0 Å². The number of nitrogens with zero attached hydrogens (tertiary/aromatic N) is 3. The van der Waals surface area contributed by atoms with Crippen LogP contribution in [0.25, 0.3) is 16.8 Å². The molecule has 0 bridgehead atoms. The predicted molar refractivity (Wildman–Crippen MR) is 76.1 cm³/mol. The second-order valence-corrected chi connectivity index (χ2v) is 5.53. The average molecular weight is 343 g/mol. The zero-order valence-corrected chi connectivity index (χ0v) is 12.4. The molecular weight excluding hydrogens is 334 g/mol. The first-order valence-electron chi connectivity index (χ1n) is 5.47. The maximum atomic E-state index is 11.3. The maximum absolute atomic E-state index is 11.3. The number of hydrogen-bond acceptors (Lipinski definition) is 2. The van der Waals surface area contributed by atoms with Gasteiger partial charge in [-0.05, 0) is 40.5 Å². The van der Waals surface area contributed by atoms with Gasteiger partial charge in [-0.1, -0.05) is 11.6 Å². The second kappa shape index (κ2) is 3.98. The number of carboxylic acid groups (broad SMARTS) is 1. The number of aryl methyl sites for hydroxylation is 2. The first-order chi connectivity index (χ1) is 8.91. The molecule has 3 rings (SSSR count). The van der Waals surface area contributed by atoms with E-state index in [1.54, 1.807) is 22.1 Å². The van der Waals surface area contributed by atoms with Crippen molar-refractivity contribution in [1.82, 2.24) is 14.0 Å². The summed E-state index contributed by atoms with van der Waals surface area (Å²) in [5.41, 5.74) is 2.71. The lowest BCUT2D eigenvalue weighted by Gasteiger charge is -1.99. The molecule has 2 heterocycles. The molecule has 0 aliphatic rings. The third kappa shape index (κ3) is 1.60. The molecule has 0 amide bonds. The van der Waals surface area contributed by atoms with Crippen LogP contribution in [0.15, 0.2) is 16.7 Å². The van der Waals surface area contributed by atoms with Crippen molar-refractivity contribution in [3.63, 3.8) is 0 Å². The quantitative estimate of drug-likeness (QED) is 0.738. The molecule has 0 atom stereocenters. The van der Waals surface area contributed by atoms with Gasteiger partial charge in [0.25, 0.3) is 0 Å². The fourth-order valence-electron chi connectivity index (χ4n) is 2.29. The molecule has 19 heavy (non-hydrogen) atoms. The summed E-state index contributed by atoms with van der Waals surface area (Å²) >= 11 is 9.39. The number of halogens is 2. The lowest BCUT2D eigenvalue weighted by Crippen LogP contribution is -2.05. The highest BCUT2D eigenvalue weighted by molar-refractivity contribution is 9.10. The number of aromatic nitrogens is 3. The molecule has 0 aliphatic heterocycles. The van der Waals surface area contributed by atoms with Crippen LogP contribution in [-0.4, -0.2) is 25.0 Å². The molecule has 0 fully saturated rings. The smallest absolute Gasteiger partial charge is 0.355 e. The van der Waals surface area contributed by atoms with Gasteiger partial charge < -0.3 is 9.67 Å². The molecule has 5 nitrogen and oxygen atoms in total. The molecule has 0 saturated carbocycles. The average Bonchev–Trinajstić information content (AvgIpc) is 2.77. The Hall–Kier alpha value is -1.53. The van der Waals surface area contributed by atoms with Crippen molar-refractivity contribution in [3.8, 4) is 0 Å². The lowest BCUT2D eigenvalue weighted by atomic mass is 10.2. The van der Waals surface area contributed by atoms with Gasteiger partial charge in [0, 0.05) is 12.1 Å². The van der Waals surface area contributed by atoms with Crippen LogP contribution in [0.3, 0.4) is 0 Å². The number of benzene rings is 1. The normalized spacial score (nSPS) is 11.6. The summed E-state index contributed by atoms with van der Waals surface area (Å²) in [6, 6.07) is 3.61. The van der Waals surface area contributed by atoms with Crippen molar-refractivity contribution in [2.45, 2.75) is 6.92 Å². The van der Waals surface area contributed by atoms with Crippen molar-refractivity contribution >= 4 is 50.3 Å². The monoisotopic (exact) mass is 341 g/mol. The van der Waals surface area contributed by atoms with Crippen molar-refractivity contribution in [2.24, 2.45) is 7.05 Å². The van der Waals surface area contributed by atoms with E-state index in [2.05, 4.69) is 20.9 Å². The predicted octanol–water partition coefficient (Wildman–Crippen LogP) is 3.25. The molecule has 2 aromatic heterocycles. The maximum Gasteiger partial charge on any atom is 0.355 e. The van der Waals surface area contributed by atoms with Gasteiger partial charge in [-0.15, -0.1) is 0 Å². The van der Waals surface area contributed by atoms with E-state index in [4.69, 9.17) is 11.6 Å². The summed E-state index contributed by atoms with van der Waals surface area (Å²) in [6.07, 6.45) is 0. The van der Waals surface area contributed by atoms with E-state index in [1.807, 2.05) is 13.0 Å². The standard InChI is InChI=1S/C12H9BrClN3O2/c1-5-3-6(14)4-7-8(5)15-12-16(2)9(11(18)19)10(13)17(7)12/h3-4H,1-2H3,(H,18,19). The third-order valence-corrected chi connectivity index (χ3v) is 4.08. The first-order valence-corrected chi connectivity index (χ1v) is 6.64. The summed E-state index contributed by atoms with van der Waals surface area (Å²) in [5.74, 6) is -0.448. The Morgan fingerprint density at radius 3 is 2.79 bits per heavy atom. The van der Waals surface area contributed by atoms with E-state index >= 15 is 0 Å². The first kappa shape index (κ1) is 12.5. The summed E-state index contributed by atoms with van der Waals surface area (Å²) in [5, 5.41) is 9.83. The fourth-order valence-corrected chi connectivity index (χ4v) is 3.34. The number of carbonyl (C=O) groups is 1. The van der Waals surface area contributed by atoms with Gasteiger partial charge in [-0.3, -0.25) is 4.40 Å². The zero-order chi connectivity index (χ0) is 13.9. The summed E-state index contributed by atoms with van der Waals surface area (Å²) in [4.78, 5) is 15.8. The fraction of sp³-hybridized carbons (Fsp3) is 0.167. The molecule has 0 saturated heterocycles. The molecule has 7 heteroatoms. The zero-order valence-electron chi connectivity index (χ0n) is 10.1. The Morgan fingerprint density at radius 1 is 1.47 bits per heavy atom. The minimum Gasteiger partial charge on any atom is -0.476 e. The number of fused-ring (bicyclic) bond motifs is 3. The number of carboxylic acids is 1. The summed E-state index contributed by atoms with van der Waals surface area (Å²) in [6.45, 7) is 1.92. The van der Waals surface area contributed by atoms with Crippen LogP contribution in [0, 0.1) is 6.92 Å². The van der Waals surface area contributed by atoms with Gasteiger partial charge in [-0.25, -0.2) is 9.78 Å². The number of rotatable bonds is 1. The van der Waals surface area contributed by atoms with Crippen molar-refractivity contribution in [1.29, 1.82) is 0 Å². The Morgan fingerprint density at radius 2 is 2.16 bits per heavy atom. The van der Waals surface area contributed by atoms with E-state index in [9.17, 15) is 9.90 Å². The van der Waals surface area contributed by atoms with Gasteiger partial charge in [0.1, 0.15) is 4.60 Å². The van der Waals surface area contributed by atoms with E-state index < -0.39 is 5.97 Å². The molecular formula is C12H9BrClN3O2. The van der Waals surface area contributed by atoms with Crippen LogP contribution >= 0.6 is 27.5 Å². The van der Waals surface area contributed by atoms with Gasteiger partial charge in [0.2, 0.25) is 5.78 Å². The van der Waals surface area contributed by atoms with Gasteiger partial charge in [0.15, 0.2) is 5.69 Å². The molecule has 0 radical (unpaired) electrons. The van der Waals surface area contributed by atoms with Crippen LogP contribution in [-0.2, 0) is 7.05 Å². The molecule has 0 spiro atoms. The Labute approximate surface area is 121 Å². The SMILES string of the molecule is Cc1cc(Cl)cc2c1nc1n(C)c(C(=O)O)c(Br)n21. The molecule has 0 aliphatic carbocycles. The molecule has 0 unspecified atom stereocenters. The highest BCUT2D eigenvalue weighted by atomic mass is 79.9.